The Hall–Kier alpha value is -5.02. The summed E-state index contributed by atoms with van der Waals surface area (Å²) in [5.74, 6) is -8.07. The lowest BCUT2D eigenvalue weighted by atomic mass is 9.96. The number of carboxylic acids is 1. The Balaban J connectivity index is 1.75. The van der Waals surface area contributed by atoms with Gasteiger partial charge in [-0.1, -0.05) is 54.6 Å². The highest BCUT2D eigenvalue weighted by Crippen LogP contribution is 2.35. The van der Waals surface area contributed by atoms with Gasteiger partial charge in [-0.15, -0.1) is 0 Å². The second kappa shape index (κ2) is 10.7. The van der Waals surface area contributed by atoms with Crippen molar-refractivity contribution in [2.24, 2.45) is 0 Å². The molecule has 0 saturated carbocycles. The predicted molar refractivity (Wildman–Crippen MR) is 128 cm³/mol. The third-order valence-electron chi connectivity index (χ3n) is 5.32. The molecule has 0 radical (unpaired) electrons. The molecule has 2 atom stereocenters. The summed E-state index contributed by atoms with van der Waals surface area (Å²) in [6.07, 6.45) is -0.169. The number of ether oxygens (including phenoxy) is 3. The van der Waals surface area contributed by atoms with Crippen LogP contribution in [-0.2, 0) is 19.0 Å². The zero-order valence-electron chi connectivity index (χ0n) is 19.1. The van der Waals surface area contributed by atoms with Crippen molar-refractivity contribution in [3.63, 3.8) is 0 Å². The molecule has 0 bridgehead atoms. The molecule has 9 heteroatoms. The smallest absolute Gasteiger partial charge is 0.343 e. The zero-order chi connectivity index (χ0) is 26.4. The molecule has 2 unspecified atom stereocenters. The van der Waals surface area contributed by atoms with Gasteiger partial charge in [-0.2, -0.15) is 0 Å². The summed E-state index contributed by atoms with van der Waals surface area (Å²) < 4.78 is 16.1. The lowest BCUT2D eigenvalue weighted by Gasteiger charge is -2.36. The van der Waals surface area contributed by atoms with Gasteiger partial charge in [0.05, 0.1) is 22.3 Å². The average molecular weight is 500 g/mol. The van der Waals surface area contributed by atoms with Crippen LogP contribution in [0.1, 0.15) is 31.1 Å². The number of carboxylic acid groups (broad SMARTS) is 1. The van der Waals surface area contributed by atoms with Gasteiger partial charge >= 0.3 is 29.7 Å². The minimum Gasteiger partial charge on any atom is -0.478 e. The van der Waals surface area contributed by atoms with Gasteiger partial charge in [0.15, 0.2) is 11.9 Å². The normalized spacial score (nSPS) is 18.6. The molecule has 37 heavy (non-hydrogen) atoms. The fourth-order valence-corrected chi connectivity index (χ4v) is 3.43. The Bertz CT molecular complexity index is 1380. The average Bonchev–Trinajstić information content (AvgIpc) is 2.92. The summed E-state index contributed by atoms with van der Waals surface area (Å²) in [6, 6.07) is 23.0. The first-order valence-electron chi connectivity index (χ1n) is 11.0. The summed E-state index contributed by atoms with van der Waals surface area (Å²) in [5, 5.41) is 21.2. The van der Waals surface area contributed by atoms with E-state index in [4.69, 9.17) is 14.2 Å². The highest BCUT2D eigenvalue weighted by atomic mass is 16.7. The van der Waals surface area contributed by atoms with Crippen molar-refractivity contribution in [1.29, 1.82) is 0 Å². The van der Waals surface area contributed by atoms with Gasteiger partial charge in [-0.05, 0) is 48.6 Å². The standard InChI is InChI=1S/C28H20O9/c29-24(30)21-16-22(35-25(31)18-10-4-1-5-11-18)28(34,37-27(33)20-14-8-3-9-15-20)23(17-21)36-26(32)19-12-6-2-7-13-19/h1-17,22,34H,(H,29,30). The van der Waals surface area contributed by atoms with E-state index in [1.165, 1.54) is 36.4 Å². The molecule has 0 aromatic heterocycles. The van der Waals surface area contributed by atoms with Crippen molar-refractivity contribution in [3.05, 3.63) is 131 Å². The fourth-order valence-electron chi connectivity index (χ4n) is 3.43. The van der Waals surface area contributed by atoms with Crippen molar-refractivity contribution in [2.45, 2.75) is 11.9 Å². The maximum absolute atomic E-state index is 12.9. The summed E-state index contributed by atoms with van der Waals surface area (Å²) in [7, 11) is 0. The van der Waals surface area contributed by atoms with Crippen LogP contribution in [0.3, 0.4) is 0 Å². The van der Waals surface area contributed by atoms with Gasteiger partial charge in [0.2, 0.25) is 0 Å². The van der Waals surface area contributed by atoms with Crippen LogP contribution in [0.4, 0.5) is 0 Å². The number of aliphatic carboxylic acids is 1. The van der Waals surface area contributed by atoms with E-state index in [1.54, 1.807) is 54.6 Å². The molecule has 186 valence electrons. The van der Waals surface area contributed by atoms with E-state index in [0.29, 0.717) is 0 Å². The SMILES string of the molecule is O=C(O)C1=CC(OC(=O)c2ccccc2)C(O)(OC(=O)c2ccccc2)C(OC(=O)c2ccccc2)=C1. The summed E-state index contributed by atoms with van der Waals surface area (Å²) in [6.45, 7) is 0. The van der Waals surface area contributed by atoms with Gasteiger partial charge in [0.1, 0.15) is 0 Å². The Morgan fingerprint density at radius 1 is 0.676 bits per heavy atom. The van der Waals surface area contributed by atoms with Gasteiger partial charge in [-0.25, -0.2) is 19.2 Å². The lowest BCUT2D eigenvalue weighted by molar-refractivity contribution is -0.204. The largest absolute Gasteiger partial charge is 0.478 e. The molecule has 0 heterocycles. The van der Waals surface area contributed by atoms with Gasteiger partial charge < -0.3 is 24.4 Å². The second-order valence-electron chi connectivity index (χ2n) is 7.84. The predicted octanol–water partition coefficient (Wildman–Crippen LogP) is 3.52. The van der Waals surface area contributed by atoms with Crippen molar-refractivity contribution >= 4 is 23.9 Å². The molecule has 3 aromatic rings. The Labute approximate surface area is 210 Å². The Morgan fingerprint density at radius 3 is 1.62 bits per heavy atom. The highest BCUT2D eigenvalue weighted by molar-refractivity contribution is 5.94. The first-order valence-corrected chi connectivity index (χ1v) is 11.0. The van der Waals surface area contributed by atoms with E-state index in [0.717, 1.165) is 12.2 Å². The minimum absolute atomic E-state index is 0.0332. The van der Waals surface area contributed by atoms with Crippen molar-refractivity contribution in [3.8, 4) is 0 Å². The molecule has 0 saturated heterocycles. The number of hydrogen-bond donors (Lipinski definition) is 2. The summed E-state index contributed by atoms with van der Waals surface area (Å²) in [4.78, 5) is 50.3. The summed E-state index contributed by atoms with van der Waals surface area (Å²) in [5.41, 5.74) is -0.278. The Kier molecular flexibility index (Phi) is 7.26. The third kappa shape index (κ3) is 5.63. The van der Waals surface area contributed by atoms with E-state index >= 15 is 0 Å². The monoisotopic (exact) mass is 500 g/mol. The number of carbonyl (C=O) groups is 4. The molecule has 0 spiro atoms. The topological polar surface area (TPSA) is 136 Å². The van der Waals surface area contributed by atoms with Crippen LogP contribution < -0.4 is 0 Å². The molecule has 2 N–H and O–H groups in total. The number of esters is 3. The van der Waals surface area contributed by atoms with E-state index in [-0.39, 0.29) is 16.7 Å². The highest BCUT2D eigenvalue weighted by Gasteiger charge is 2.52. The Morgan fingerprint density at radius 2 is 1.14 bits per heavy atom. The number of benzene rings is 3. The second-order valence-corrected chi connectivity index (χ2v) is 7.84. The van der Waals surface area contributed by atoms with Crippen LogP contribution in [0.25, 0.3) is 0 Å². The molecule has 0 aliphatic heterocycles. The van der Waals surface area contributed by atoms with Gasteiger partial charge in [0, 0.05) is 0 Å². The zero-order valence-corrected chi connectivity index (χ0v) is 19.1. The molecule has 0 fully saturated rings. The number of hydrogen-bond acceptors (Lipinski definition) is 8. The molecular weight excluding hydrogens is 480 g/mol. The molecule has 4 rings (SSSR count). The lowest BCUT2D eigenvalue weighted by Crippen LogP contribution is -2.52. The quantitative estimate of drug-likeness (QED) is 0.284. The first kappa shape index (κ1) is 25.1. The van der Waals surface area contributed by atoms with Crippen LogP contribution in [0.15, 0.2) is 114 Å². The fraction of sp³-hybridized carbons (Fsp3) is 0.0714. The number of aliphatic hydroxyl groups is 1. The summed E-state index contributed by atoms with van der Waals surface area (Å²) >= 11 is 0. The molecular formula is C28H20O9. The molecule has 3 aromatic carbocycles. The van der Waals surface area contributed by atoms with E-state index in [9.17, 15) is 29.4 Å². The van der Waals surface area contributed by atoms with Crippen LogP contribution >= 0.6 is 0 Å². The van der Waals surface area contributed by atoms with Crippen LogP contribution in [0.5, 0.6) is 0 Å². The molecule has 1 aliphatic rings. The number of carbonyl (C=O) groups excluding carboxylic acids is 3. The third-order valence-corrected chi connectivity index (χ3v) is 5.32. The molecule has 1 aliphatic carbocycles. The van der Waals surface area contributed by atoms with E-state index in [1.807, 2.05) is 0 Å². The minimum atomic E-state index is -2.89. The first-order chi connectivity index (χ1) is 17.8. The van der Waals surface area contributed by atoms with Gasteiger partial charge in [0.25, 0.3) is 0 Å². The maximum atomic E-state index is 12.9. The molecule has 9 nitrogen and oxygen atoms in total. The van der Waals surface area contributed by atoms with Crippen molar-refractivity contribution < 1.29 is 43.6 Å². The van der Waals surface area contributed by atoms with Crippen molar-refractivity contribution in [2.75, 3.05) is 0 Å². The van der Waals surface area contributed by atoms with Gasteiger partial charge in [-0.3, -0.25) is 0 Å². The van der Waals surface area contributed by atoms with Crippen LogP contribution in [-0.4, -0.2) is 46.0 Å². The maximum Gasteiger partial charge on any atom is 0.343 e. The molecule has 0 amide bonds. The van der Waals surface area contributed by atoms with Crippen LogP contribution in [0, 0.1) is 0 Å². The van der Waals surface area contributed by atoms with E-state index < -0.39 is 47.1 Å². The van der Waals surface area contributed by atoms with E-state index in [2.05, 4.69) is 0 Å². The van der Waals surface area contributed by atoms with Crippen LogP contribution in [0.2, 0.25) is 0 Å². The van der Waals surface area contributed by atoms with Crippen molar-refractivity contribution in [1.82, 2.24) is 0 Å². The number of rotatable bonds is 7.